The fourth-order valence-corrected chi connectivity index (χ4v) is 0.932. The predicted octanol–water partition coefficient (Wildman–Crippen LogP) is 2.10. The second kappa shape index (κ2) is 2.07. The van der Waals surface area contributed by atoms with Crippen LogP contribution in [-0.2, 0) is 5.11 Å². The minimum atomic E-state index is -5.47. The molecule has 1 aliphatic rings. The molecular formula is C5H3F6O. The number of hydrogen-bond acceptors (Lipinski definition) is 0. The topological polar surface area (TPSA) is 19.9 Å². The molecule has 2 unspecified atom stereocenters. The zero-order valence-corrected chi connectivity index (χ0v) is 5.46. The molecule has 0 heterocycles. The average molecular weight is 193 g/mol. The van der Waals surface area contributed by atoms with Crippen molar-refractivity contribution in [3.05, 3.63) is 0 Å². The normalized spacial score (nSPS) is 44.8. The van der Waals surface area contributed by atoms with Crippen molar-refractivity contribution >= 4 is 0 Å². The highest BCUT2D eigenvalue weighted by molar-refractivity contribution is 5.08. The fourth-order valence-electron chi connectivity index (χ4n) is 0.932. The second-order valence-electron chi connectivity index (χ2n) is 2.60. The maximum absolute atomic E-state index is 12.1. The van der Waals surface area contributed by atoms with Crippen molar-refractivity contribution in [2.24, 2.45) is 0 Å². The van der Waals surface area contributed by atoms with E-state index in [1.54, 1.807) is 0 Å². The Morgan fingerprint density at radius 2 is 1.50 bits per heavy atom. The van der Waals surface area contributed by atoms with Gasteiger partial charge in [0.05, 0.1) is 6.42 Å². The van der Waals surface area contributed by atoms with Gasteiger partial charge in [-0.3, -0.25) is 0 Å². The molecule has 1 fully saturated rings. The molecular weight excluding hydrogens is 190 g/mol. The van der Waals surface area contributed by atoms with Gasteiger partial charge in [0, 0.05) is 0 Å². The second-order valence-corrected chi connectivity index (χ2v) is 2.60. The molecule has 1 nitrogen and oxygen atoms in total. The van der Waals surface area contributed by atoms with Crippen molar-refractivity contribution in [2.75, 3.05) is 0 Å². The van der Waals surface area contributed by atoms with Crippen LogP contribution in [0.4, 0.5) is 26.3 Å². The summed E-state index contributed by atoms with van der Waals surface area (Å²) in [6.45, 7) is 0. The Hall–Kier alpha value is -0.460. The van der Waals surface area contributed by atoms with Gasteiger partial charge >= 0.3 is 17.7 Å². The summed E-state index contributed by atoms with van der Waals surface area (Å²) in [5, 5.41) is 10.0. The van der Waals surface area contributed by atoms with Crippen LogP contribution in [0.1, 0.15) is 6.42 Å². The average Bonchev–Trinajstić information content (AvgIpc) is 1.92. The minimum Gasteiger partial charge on any atom is -0.240 e. The van der Waals surface area contributed by atoms with Crippen LogP contribution in [0.25, 0.3) is 0 Å². The molecule has 1 radical (unpaired) electrons. The van der Waals surface area contributed by atoms with E-state index in [0.717, 1.165) is 0 Å². The Morgan fingerprint density at radius 1 is 1.08 bits per heavy atom. The Morgan fingerprint density at radius 3 is 1.58 bits per heavy atom. The number of hydrogen-bond donors (Lipinski definition) is 0. The Kier molecular flexibility index (Phi) is 1.66. The summed E-state index contributed by atoms with van der Waals surface area (Å²) in [7, 11) is 0. The van der Waals surface area contributed by atoms with Gasteiger partial charge in [0.1, 0.15) is 0 Å². The van der Waals surface area contributed by atoms with Gasteiger partial charge in [0.2, 0.25) is 0 Å². The highest BCUT2D eigenvalue weighted by Crippen LogP contribution is 2.55. The molecule has 0 amide bonds. The van der Waals surface area contributed by atoms with Crippen molar-refractivity contribution in [1.82, 2.24) is 0 Å². The molecule has 1 saturated carbocycles. The van der Waals surface area contributed by atoms with Gasteiger partial charge in [-0.25, -0.2) is 8.78 Å². The first kappa shape index (κ1) is 9.63. The van der Waals surface area contributed by atoms with E-state index in [4.69, 9.17) is 0 Å². The lowest BCUT2D eigenvalue weighted by Gasteiger charge is -2.22. The Bertz CT molecular complexity index is 200. The van der Waals surface area contributed by atoms with E-state index in [0.29, 0.717) is 0 Å². The molecule has 0 N–H and O–H groups in total. The number of rotatable bonds is 0. The lowest BCUT2D eigenvalue weighted by Crippen LogP contribution is -2.49. The quantitative estimate of drug-likeness (QED) is 0.525. The summed E-state index contributed by atoms with van der Waals surface area (Å²) in [6, 6.07) is 0. The third kappa shape index (κ3) is 0.854. The van der Waals surface area contributed by atoms with Crippen LogP contribution in [0.5, 0.6) is 0 Å². The maximum atomic E-state index is 12.1. The summed E-state index contributed by atoms with van der Waals surface area (Å²) in [5.74, 6) is -15.4. The van der Waals surface area contributed by atoms with Crippen LogP contribution in [-0.4, -0.2) is 23.9 Å². The third-order valence-corrected chi connectivity index (χ3v) is 1.72. The largest absolute Gasteiger partial charge is 0.373 e. The molecule has 0 aromatic carbocycles. The summed E-state index contributed by atoms with van der Waals surface area (Å²) < 4.78 is 72.4. The van der Waals surface area contributed by atoms with Gasteiger partial charge in [-0.05, 0) is 0 Å². The van der Waals surface area contributed by atoms with E-state index in [-0.39, 0.29) is 0 Å². The van der Waals surface area contributed by atoms with E-state index in [1.165, 1.54) is 0 Å². The Labute approximate surface area is 63.0 Å². The first-order chi connectivity index (χ1) is 5.13. The van der Waals surface area contributed by atoms with Gasteiger partial charge in [-0.1, -0.05) is 0 Å². The standard InChI is InChI=1S/C5H3F6O/c6-2-1-3(7,12)5(10,11)4(2,8)9/h2H,1H2. The van der Waals surface area contributed by atoms with Crippen molar-refractivity contribution in [3.63, 3.8) is 0 Å². The maximum Gasteiger partial charge on any atom is 0.373 e. The van der Waals surface area contributed by atoms with Crippen LogP contribution >= 0.6 is 0 Å². The van der Waals surface area contributed by atoms with Crippen molar-refractivity contribution in [3.8, 4) is 0 Å². The van der Waals surface area contributed by atoms with Gasteiger partial charge in [-0.15, -0.1) is 0 Å². The van der Waals surface area contributed by atoms with E-state index >= 15 is 0 Å². The first-order valence-electron chi connectivity index (χ1n) is 2.92. The van der Waals surface area contributed by atoms with Crippen LogP contribution in [0.3, 0.4) is 0 Å². The van der Waals surface area contributed by atoms with Crippen molar-refractivity contribution in [2.45, 2.75) is 30.3 Å². The molecule has 12 heavy (non-hydrogen) atoms. The number of alkyl halides is 6. The highest BCUT2D eigenvalue weighted by Gasteiger charge is 2.81. The summed E-state index contributed by atoms with van der Waals surface area (Å²) >= 11 is 0. The SMILES string of the molecule is [O]C1(F)CC(F)C(F)(F)C1(F)F. The molecule has 0 spiro atoms. The highest BCUT2D eigenvalue weighted by atomic mass is 19.3. The van der Waals surface area contributed by atoms with Crippen LogP contribution < -0.4 is 0 Å². The monoisotopic (exact) mass is 193 g/mol. The zero-order valence-electron chi connectivity index (χ0n) is 5.46. The molecule has 1 rings (SSSR count). The molecule has 2 atom stereocenters. The smallest absolute Gasteiger partial charge is 0.240 e. The molecule has 0 aromatic rings. The lowest BCUT2D eigenvalue weighted by atomic mass is 10.2. The van der Waals surface area contributed by atoms with E-state index in [9.17, 15) is 31.4 Å². The summed E-state index contributed by atoms with van der Waals surface area (Å²) in [5.41, 5.74) is 0. The van der Waals surface area contributed by atoms with E-state index < -0.39 is 30.3 Å². The van der Waals surface area contributed by atoms with E-state index in [2.05, 4.69) is 0 Å². The van der Waals surface area contributed by atoms with Crippen LogP contribution in [0, 0.1) is 0 Å². The van der Waals surface area contributed by atoms with E-state index in [1.807, 2.05) is 0 Å². The minimum absolute atomic E-state index is 2.02. The predicted molar refractivity (Wildman–Crippen MR) is 23.9 cm³/mol. The van der Waals surface area contributed by atoms with Crippen LogP contribution in [0.15, 0.2) is 0 Å². The zero-order chi connectivity index (χ0) is 9.78. The van der Waals surface area contributed by atoms with Gasteiger partial charge < -0.3 is 0 Å². The first-order valence-corrected chi connectivity index (χ1v) is 2.92. The number of halogens is 6. The fraction of sp³-hybridized carbons (Fsp3) is 1.00. The summed E-state index contributed by atoms with van der Waals surface area (Å²) in [4.78, 5) is 0. The lowest BCUT2D eigenvalue weighted by molar-refractivity contribution is -0.319. The van der Waals surface area contributed by atoms with Gasteiger partial charge in [0.15, 0.2) is 6.17 Å². The molecule has 1 aliphatic carbocycles. The molecule has 0 saturated heterocycles. The molecule has 0 aromatic heterocycles. The van der Waals surface area contributed by atoms with Gasteiger partial charge in [-0.2, -0.15) is 22.7 Å². The van der Waals surface area contributed by atoms with Crippen molar-refractivity contribution < 1.29 is 31.4 Å². The molecule has 71 valence electrons. The van der Waals surface area contributed by atoms with Crippen molar-refractivity contribution in [1.29, 1.82) is 0 Å². The summed E-state index contributed by atoms with van der Waals surface area (Å²) in [6.07, 6.45) is -5.44. The molecule has 7 heteroatoms. The van der Waals surface area contributed by atoms with Crippen LogP contribution in [0.2, 0.25) is 0 Å². The Balaban J connectivity index is 3.10. The molecule has 0 aliphatic heterocycles. The van der Waals surface area contributed by atoms with Gasteiger partial charge in [0.25, 0.3) is 0 Å². The molecule has 0 bridgehead atoms. The third-order valence-electron chi connectivity index (χ3n) is 1.72.